The number of nitrogens with one attached hydrogen (secondary N) is 3. The van der Waals surface area contributed by atoms with E-state index in [4.69, 9.17) is 4.98 Å². The first-order valence-electron chi connectivity index (χ1n) is 20.6. The second kappa shape index (κ2) is 19.8. The van der Waals surface area contributed by atoms with Crippen LogP contribution in [-0.2, 0) is 29.0 Å². The van der Waals surface area contributed by atoms with Crippen LogP contribution in [-0.4, -0.2) is 97.3 Å². The van der Waals surface area contributed by atoms with Crippen molar-refractivity contribution < 1.29 is 29.4 Å². The van der Waals surface area contributed by atoms with Crippen molar-refractivity contribution in [3.05, 3.63) is 106 Å². The normalized spacial score (nSPS) is 15.9. The zero-order chi connectivity index (χ0) is 43.8. The van der Waals surface area contributed by atoms with E-state index in [-0.39, 0.29) is 24.8 Å². The maximum Gasteiger partial charge on any atom is 0.405 e. The molecule has 5 N–H and O–H groups in total. The molecule has 0 aliphatic carbocycles. The van der Waals surface area contributed by atoms with E-state index in [2.05, 4.69) is 34.8 Å². The van der Waals surface area contributed by atoms with Crippen molar-refractivity contribution in [3.8, 4) is 11.3 Å². The van der Waals surface area contributed by atoms with Crippen LogP contribution in [0.3, 0.4) is 0 Å². The number of benzene rings is 2. The lowest BCUT2D eigenvalue weighted by Crippen LogP contribution is -2.59. The molecule has 5 rings (SSSR count). The Bertz CT molecular complexity index is 2050. The number of hydrogen-bond acceptors (Lipinski definition) is 8. The molecule has 1 aliphatic rings. The SMILES string of the molecule is CC(C)c1nc(CN2CCN([C@H](C(=O)N[C@@H](Cc3ccccc3)[C@@H](O)C[C@H](Cc3ccc(-c4ccccn4)cc3)NC(=O)[C@@H](NC(=O)O)C(C)(C)C)C(C)(C)C)C2=O)cs1. The second-order valence-corrected chi connectivity index (χ2v) is 19.1. The average Bonchev–Trinajstić information content (AvgIpc) is 3.80. The number of aliphatic hydroxyl groups is 1. The molecule has 4 aromatic rings. The van der Waals surface area contributed by atoms with Gasteiger partial charge in [0.1, 0.15) is 12.1 Å². The van der Waals surface area contributed by atoms with Gasteiger partial charge in [-0.2, -0.15) is 0 Å². The van der Waals surface area contributed by atoms with E-state index in [0.717, 1.165) is 33.1 Å². The first kappa shape index (κ1) is 45.7. The van der Waals surface area contributed by atoms with Crippen LogP contribution < -0.4 is 16.0 Å². The summed E-state index contributed by atoms with van der Waals surface area (Å²) in [4.78, 5) is 66.8. The van der Waals surface area contributed by atoms with Gasteiger partial charge >= 0.3 is 12.1 Å². The molecule has 13 nitrogen and oxygen atoms in total. The zero-order valence-corrected chi connectivity index (χ0v) is 36.8. The molecule has 0 saturated carbocycles. The van der Waals surface area contributed by atoms with E-state index in [1.807, 2.05) is 98.9 Å². The summed E-state index contributed by atoms with van der Waals surface area (Å²) >= 11 is 1.58. The van der Waals surface area contributed by atoms with E-state index in [1.54, 1.807) is 48.1 Å². The van der Waals surface area contributed by atoms with Crippen molar-refractivity contribution in [3.63, 3.8) is 0 Å². The summed E-state index contributed by atoms with van der Waals surface area (Å²) < 4.78 is 0. The summed E-state index contributed by atoms with van der Waals surface area (Å²) in [6, 6.07) is 19.3. The molecule has 5 atom stereocenters. The first-order valence-corrected chi connectivity index (χ1v) is 21.5. The predicted octanol–water partition coefficient (Wildman–Crippen LogP) is 6.87. The van der Waals surface area contributed by atoms with Gasteiger partial charge in [-0.15, -0.1) is 11.3 Å². The van der Waals surface area contributed by atoms with E-state index in [9.17, 15) is 29.4 Å². The fourth-order valence-corrected chi connectivity index (χ4v) is 8.45. The van der Waals surface area contributed by atoms with E-state index < -0.39 is 59.0 Å². The van der Waals surface area contributed by atoms with Gasteiger partial charge in [0.25, 0.3) is 0 Å². The molecule has 0 bridgehead atoms. The van der Waals surface area contributed by atoms with Crippen LogP contribution in [0.25, 0.3) is 11.3 Å². The highest BCUT2D eigenvalue weighted by molar-refractivity contribution is 7.09. The molecular formula is C46H61N7O6S. The Morgan fingerprint density at radius 1 is 0.817 bits per heavy atom. The molecule has 0 radical (unpaired) electrons. The average molecular weight is 840 g/mol. The van der Waals surface area contributed by atoms with Crippen molar-refractivity contribution in [2.24, 2.45) is 10.8 Å². The highest BCUT2D eigenvalue weighted by atomic mass is 32.1. The molecular weight excluding hydrogens is 779 g/mol. The van der Waals surface area contributed by atoms with Gasteiger partial charge in [0.15, 0.2) is 0 Å². The van der Waals surface area contributed by atoms with Crippen LogP contribution >= 0.6 is 11.3 Å². The third kappa shape index (κ3) is 12.4. The summed E-state index contributed by atoms with van der Waals surface area (Å²) in [5.41, 5.74) is 2.87. The number of rotatable bonds is 17. The first-order chi connectivity index (χ1) is 28.3. The van der Waals surface area contributed by atoms with Crippen molar-refractivity contribution in [2.45, 2.75) is 117 Å². The number of carbonyl (C=O) groups is 4. The monoisotopic (exact) mass is 839 g/mol. The smallest absolute Gasteiger partial charge is 0.405 e. The van der Waals surface area contributed by atoms with Gasteiger partial charge in [-0.05, 0) is 53.4 Å². The number of aliphatic hydroxyl groups excluding tert-OH is 1. The topological polar surface area (TPSA) is 177 Å². The number of pyridine rings is 1. The van der Waals surface area contributed by atoms with Crippen LogP contribution in [0, 0.1) is 10.8 Å². The van der Waals surface area contributed by atoms with Gasteiger partial charge in [-0.25, -0.2) is 14.6 Å². The number of amides is 5. The van der Waals surface area contributed by atoms with Gasteiger partial charge < -0.3 is 36.0 Å². The van der Waals surface area contributed by atoms with Crippen LogP contribution in [0.1, 0.15) is 89.6 Å². The highest BCUT2D eigenvalue weighted by Crippen LogP contribution is 2.30. The number of thiazole rings is 1. The third-order valence-corrected chi connectivity index (χ3v) is 11.9. The van der Waals surface area contributed by atoms with Gasteiger partial charge in [0, 0.05) is 42.2 Å². The Hall–Kier alpha value is -5.34. The molecule has 5 amide bonds. The molecule has 14 heteroatoms. The molecule has 322 valence electrons. The minimum absolute atomic E-state index is 0.0259. The zero-order valence-electron chi connectivity index (χ0n) is 36.0. The molecule has 2 aromatic heterocycles. The number of carbonyl (C=O) groups excluding carboxylic acids is 3. The Morgan fingerprint density at radius 2 is 1.48 bits per heavy atom. The molecule has 1 fully saturated rings. The number of aromatic nitrogens is 2. The lowest BCUT2D eigenvalue weighted by molar-refractivity contribution is -0.131. The molecule has 3 heterocycles. The summed E-state index contributed by atoms with van der Waals surface area (Å²) in [6.07, 6.45) is -0.157. The molecule has 0 unspecified atom stereocenters. The molecule has 1 saturated heterocycles. The Balaban J connectivity index is 1.40. The van der Waals surface area contributed by atoms with Crippen molar-refractivity contribution in [1.29, 1.82) is 0 Å². The van der Waals surface area contributed by atoms with Crippen LogP contribution in [0.15, 0.2) is 84.4 Å². The van der Waals surface area contributed by atoms with Gasteiger partial charge in [0.05, 0.1) is 35.1 Å². The summed E-state index contributed by atoms with van der Waals surface area (Å²) in [5.74, 6) is -0.635. The van der Waals surface area contributed by atoms with Crippen molar-refractivity contribution in [1.82, 2.24) is 35.7 Å². The fourth-order valence-electron chi connectivity index (χ4n) is 7.62. The number of nitrogens with zero attached hydrogens (tertiary/aromatic N) is 4. The molecule has 2 aromatic carbocycles. The summed E-state index contributed by atoms with van der Waals surface area (Å²) in [7, 11) is 0. The quantitative estimate of drug-likeness (QED) is 0.0766. The Morgan fingerprint density at radius 3 is 2.07 bits per heavy atom. The maximum absolute atomic E-state index is 14.6. The Labute approximate surface area is 358 Å². The molecule has 0 spiro atoms. The third-order valence-electron chi connectivity index (χ3n) is 10.7. The fraction of sp³-hybridized carbons (Fsp3) is 0.478. The van der Waals surface area contributed by atoms with Crippen molar-refractivity contribution in [2.75, 3.05) is 13.1 Å². The lowest BCUT2D eigenvalue weighted by Gasteiger charge is -2.38. The van der Waals surface area contributed by atoms with E-state index in [1.165, 1.54) is 0 Å². The second-order valence-electron chi connectivity index (χ2n) is 18.2. The maximum atomic E-state index is 14.6. The largest absolute Gasteiger partial charge is 0.465 e. The van der Waals surface area contributed by atoms with E-state index >= 15 is 0 Å². The Kier molecular flexibility index (Phi) is 15.1. The molecule has 60 heavy (non-hydrogen) atoms. The number of carboxylic acid groups (broad SMARTS) is 1. The van der Waals surface area contributed by atoms with Gasteiger partial charge in [-0.1, -0.05) is 116 Å². The standard InChI is InChI=1S/C46H61N7O6S/c1-29(2)42-49-34(28-60-42)27-52-22-23-53(44(52)59)39(46(6,7)8)41(56)50-36(25-30-14-10-9-11-15-30)37(54)26-33(48-40(55)38(45(3,4)5)51-43(57)58)24-31-17-19-32(20-18-31)35-16-12-13-21-47-35/h9-21,28-29,33,36-39,51,54H,22-27H2,1-8H3,(H,48,55)(H,50,56)(H,57,58)/t33-,36-,37-,38+,39+/m0/s1. The van der Waals surface area contributed by atoms with E-state index in [0.29, 0.717) is 26.1 Å². The lowest BCUT2D eigenvalue weighted by atomic mass is 9.84. The predicted molar refractivity (Wildman–Crippen MR) is 234 cm³/mol. The summed E-state index contributed by atoms with van der Waals surface area (Å²) in [5, 5.41) is 33.4. The number of urea groups is 1. The number of hydrogen-bond donors (Lipinski definition) is 5. The van der Waals surface area contributed by atoms with Crippen LogP contribution in [0.5, 0.6) is 0 Å². The van der Waals surface area contributed by atoms with Gasteiger partial charge in [0.2, 0.25) is 11.8 Å². The minimum atomic E-state index is -1.33. The molecule has 1 aliphatic heterocycles. The highest BCUT2D eigenvalue weighted by Gasteiger charge is 2.44. The van der Waals surface area contributed by atoms with Crippen molar-refractivity contribution >= 4 is 35.3 Å². The minimum Gasteiger partial charge on any atom is -0.465 e. The van der Waals surface area contributed by atoms with Gasteiger partial charge in [-0.3, -0.25) is 14.6 Å². The van der Waals surface area contributed by atoms with Crippen LogP contribution in [0.4, 0.5) is 9.59 Å². The summed E-state index contributed by atoms with van der Waals surface area (Å²) in [6.45, 7) is 16.4. The van der Waals surface area contributed by atoms with Crippen LogP contribution in [0.2, 0.25) is 0 Å².